The van der Waals surface area contributed by atoms with Gasteiger partial charge in [-0.25, -0.2) is 4.79 Å². The minimum atomic E-state index is -1.21. The molecule has 0 heterocycles. The Balaban J connectivity index is 4.26. The minimum Gasteiger partial charge on any atom is -0.480 e. The smallest absolute Gasteiger partial charge is 0.327 e. The van der Waals surface area contributed by atoms with Gasteiger partial charge in [0.2, 0.25) is 16.9 Å². The van der Waals surface area contributed by atoms with Crippen molar-refractivity contribution in [2.24, 2.45) is 0 Å². The van der Waals surface area contributed by atoms with Gasteiger partial charge in [-0.2, -0.15) is 0 Å². The second kappa shape index (κ2) is 7.70. The van der Waals surface area contributed by atoms with E-state index in [0.29, 0.717) is 0 Å². The fourth-order valence-corrected chi connectivity index (χ4v) is 1.94. The van der Waals surface area contributed by atoms with E-state index in [-0.39, 0.29) is 16.8 Å². The second-order valence-electron chi connectivity index (χ2n) is 3.64. The summed E-state index contributed by atoms with van der Waals surface area (Å²) >= 11 is 0.756. The third kappa shape index (κ3) is 6.89. The maximum atomic E-state index is 11.5. The molecule has 0 spiro atoms. The zero-order valence-corrected chi connectivity index (χ0v) is 11.2. The standard InChI is InChI=1S/C10H16N2O5S/c1-5(11-6(2)13)10(17)18-4-8(9(15)16)12-7(3)14/h5,8H,4H2,1-3H3,(H,11,13)(H,12,14)(H,15,16). The average molecular weight is 276 g/mol. The maximum absolute atomic E-state index is 11.5. The summed E-state index contributed by atoms with van der Waals surface area (Å²) < 4.78 is 0. The Hall–Kier alpha value is -1.57. The number of carboxylic acids is 1. The monoisotopic (exact) mass is 276 g/mol. The van der Waals surface area contributed by atoms with Gasteiger partial charge in [-0.1, -0.05) is 11.8 Å². The third-order valence-corrected chi connectivity index (χ3v) is 2.98. The lowest BCUT2D eigenvalue weighted by atomic mass is 10.3. The van der Waals surface area contributed by atoms with Crippen molar-refractivity contribution >= 4 is 34.7 Å². The van der Waals surface area contributed by atoms with Crippen LogP contribution in [0.25, 0.3) is 0 Å². The molecule has 0 radical (unpaired) electrons. The van der Waals surface area contributed by atoms with Crippen molar-refractivity contribution in [3.05, 3.63) is 0 Å². The lowest BCUT2D eigenvalue weighted by Gasteiger charge is -2.14. The first kappa shape index (κ1) is 16.4. The van der Waals surface area contributed by atoms with Gasteiger partial charge in [0.05, 0.1) is 6.04 Å². The molecule has 0 aromatic rings. The summed E-state index contributed by atoms with van der Waals surface area (Å²) in [4.78, 5) is 43.8. The van der Waals surface area contributed by atoms with Crippen LogP contribution in [0, 0.1) is 0 Å². The van der Waals surface area contributed by atoms with Gasteiger partial charge in [0, 0.05) is 19.6 Å². The molecule has 2 unspecified atom stereocenters. The van der Waals surface area contributed by atoms with Gasteiger partial charge < -0.3 is 15.7 Å². The second-order valence-corrected chi connectivity index (χ2v) is 4.67. The van der Waals surface area contributed by atoms with Gasteiger partial charge in [0.1, 0.15) is 6.04 Å². The van der Waals surface area contributed by atoms with Crippen LogP contribution in [0.2, 0.25) is 0 Å². The van der Waals surface area contributed by atoms with Gasteiger partial charge in [0.25, 0.3) is 0 Å². The van der Waals surface area contributed by atoms with Gasteiger partial charge in [0.15, 0.2) is 0 Å². The zero-order valence-electron chi connectivity index (χ0n) is 10.4. The molecular formula is C10H16N2O5S. The molecule has 8 heteroatoms. The Bertz CT molecular complexity index is 358. The predicted molar refractivity (Wildman–Crippen MR) is 66.0 cm³/mol. The van der Waals surface area contributed by atoms with E-state index in [1.54, 1.807) is 0 Å². The summed E-state index contributed by atoms with van der Waals surface area (Å²) in [6, 6.07) is -1.82. The first-order valence-electron chi connectivity index (χ1n) is 5.17. The molecule has 2 atom stereocenters. The number of carbonyl (C=O) groups is 4. The lowest BCUT2D eigenvalue weighted by Crippen LogP contribution is -2.42. The third-order valence-electron chi connectivity index (χ3n) is 1.84. The van der Waals surface area contributed by atoms with Crippen molar-refractivity contribution in [2.75, 3.05) is 5.75 Å². The molecular weight excluding hydrogens is 260 g/mol. The molecule has 102 valence electrons. The normalized spacial score (nSPS) is 13.3. The number of aliphatic carboxylic acids is 1. The summed E-state index contributed by atoms with van der Waals surface area (Å²) in [5, 5.41) is 13.1. The molecule has 0 aromatic heterocycles. The van der Waals surface area contributed by atoms with Crippen LogP contribution in [0.4, 0.5) is 0 Å². The topological polar surface area (TPSA) is 113 Å². The van der Waals surface area contributed by atoms with E-state index in [1.165, 1.54) is 20.8 Å². The number of carbonyl (C=O) groups excluding carboxylic acids is 3. The number of hydrogen-bond acceptors (Lipinski definition) is 5. The van der Waals surface area contributed by atoms with E-state index >= 15 is 0 Å². The predicted octanol–water partition coefficient (Wildman–Crippen LogP) is -0.640. The average Bonchev–Trinajstić information content (AvgIpc) is 2.21. The first-order chi connectivity index (χ1) is 8.23. The van der Waals surface area contributed by atoms with E-state index in [4.69, 9.17) is 5.11 Å². The van der Waals surface area contributed by atoms with Gasteiger partial charge >= 0.3 is 5.97 Å². The molecule has 0 saturated heterocycles. The fourth-order valence-electron chi connectivity index (χ4n) is 1.07. The van der Waals surface area contributed by atoms with Crippen LogP contribution in [-0.2, 0) is 19.2 Å². The Kier molecular flexibility index (Phi) is 7.03. The van der Waals surface area contributed by atoms with E-state index < -0.39 is 24.0 Å². The van der Waals surface area contributed by atoms with Crippen molar-refractivity contribution in [3.8, 4) is 0 Å². The molecule has 0 fully saturated rings. The summed E-state index contributed by atoms with van der Waals surface area (Å²) in [7, 11) is 0. The Morgan fingerprint density at radius 2 is 1.61 bits per heavy atom. The molecule has 0 bridgehead atoms. The van der Waals surface area contributed by atoms with Gasteiger partial charge in [-0.05, 0) is 6.92 Å². The molecule has 18 heavy (non-hydrogen) atoms. The van der Waals surface area contributed by atoms with Crippen LogP contribution in [0.15, 0.2) is 0 Å². The van der Waals surface area contributed by atoms with Crippen LogP contribution in [0.3, 0.4) is 0 Å². The number of carboxylic acid groups (broad SMARTS) is 1. The molecule has 2 amide bonds. The minimum absolute atomic E-state index is 0.0856. The van der Waals surface area contributed by atoms with E-state index in [0.717, 1.165) is 11.8 Å². The zero-order chi connectivity index (χ0) is 14.3. The molecule has 0 saturated carbocycles. The number of amides is 2. The molecule has 0 aliphatic heterocycles. The van der Waals surface area contributed by atoms with Crippen molar-refractivity contribution in [2.45, 2.75) is 32.9 Å². The quantitative estimate of drug-likeness (QED) is 0.595. The first-order valence-corrected chi connectivity index (χ1v) is 6.16. The van der Waals surface area contributed by atoms with Crippen LogP contribution >= 0.6 is 11.8 Å². The Morgan fingerprint density at radius 3 is 2.00 bits per heavy atom. The molecule has 0 aliphatic rings. The highest BCUT2D eigenvalue weighted by Gasteiger charge is 2.22. The molecule has 0 rings (SSSR count). The van der Waals surface area contributed by atoms with Crippen molar-refractivity contribution < 1.29 is 24.3 Å². The summed E-state index contributed by atoms with van der Waals surface area (Å²) in [5.41, 5.74) is 0. The largest absolute Gasteiger partial charge is 0.480 e. The lowest BCUT2D eigenvalue weighted by molar-refractivity contribution is -0.140. The van der Waals surface area contributed by atoms with E-state index in [1.807, 2.05) is 0 Å². The highest BCUT2D eigenvalue weighted by atomic mass is 32.2. The summed E-state index contributed by atoms with van der Waals surface area (Å²) in [6.07, 6.45) is 0. The molecule has 0 aliphatic carbocycles. The van der Waals surface area contributed by atoms with Crippen molar-refractivity contribution in [1.29, 1.82) is 0 Å². The van der Waals surface area contributed by atoms with Crippen LogP contribution in [0.1, 0.15) is 20.8 Å². The van der Waals surface area contributed by atoms with E-state index in [2.05, 4.69) is 10.6 Å². The van der Waals surface area contributed by atoms with Gasteiger partial charge in [-0.15, -0.1) is 0 Å². The number of rotatable bonds is 6. The molecule has 7 nitrogen and oxygen atoms in total. The Labute approximate surface area is 109 Å². The van der Waals surface area contributed by atoms with Crippen LogP contribution in [-0.4, -0.2) is 45.8 Å². The maximum Gasteiger partial charge on any atom is 0.327 e. The fraction of sp³-hybridized carbons (Fsp3) is 0.600. The summed E-state index contributed by atoms with van der Waals surface area (Å²) in [5.74, 6) is -2.12. The highest BCUT2D eigenvalue weighted by molar-refractivity contribution is 8.13. The Morgan fingerprint density at radius 1 is 1.11 bits per heavy atom. The molecule has 3 N–H and O–H groups in total. The number of nitrogens with one attached hydrogen (secondary N) is 2. The van der Waals surface area contributed by atoms with Crippen LogP contribution < -0.4 is 10.6 Å². The SMILES string of the molecule is CC(=O)NC(C)C(=O)SCC(NC(C)=O)C(=O)O. The van der Waals surface area contributed by atoms with Gasteiger partial charge in [-0.3, -0.25) is 14.4 Å². The van der Waals surface area contributed by atoms with Crippen molar-refractivity contribution in [3.63, 3.8) is 0 Å². The van der Waals surface area contributed by atoms with E-state index in [9.17, 15) is 19.2 Å². The number of thioether (sulfide) groups is 1. The number of hydrogen-bond donors (Lipinski definition) is 3. The summed E-state index contributed by atoms with van der Waals surface area (Å²) in [6.45, 7) is 3.99. The highest BCUT2D eigenvalue weighted by Crippen LogP contribution is 2.08. The van der Waals surface area contributed by atoms with Crippen molar-refractivity contribution in [1.82, 2.24) is 10.6 Å². The van der Waals surface area contributed by atoms with Crippen LogP contribution in [0.5, 0.6) is 0 Å². The molecule has 0 aromatic carbocycles.